The molecule has 0 aromatic rings. The van der Waals surface area contributed by atoms with Crippen molar-refractivity contribution in [1.29, 1.82) is 0 Å². The lowest BCUT2D eigenvalue weighted by Gasteiger charge is -2.05. The van der Waals surface area contributed by atoms with Gasteiger partial charge in [-0.1, -0.05) is 25.7 Å². The van der Waals surface area contributed by atoms with Crippen molar-refractivity contribution in [1.82, 2.24) is 0 Å². The minimum Gasteiger partial charge on any atom is -0.457 e. The van der Waals surface area contributed by atoms with Crippen molar-refractivity contribution in [2.45, 2.75) is 51.1 Å². The smallest absolute Gasteiger partial charge is 0.417 e. The minimum absolute atomic E-state index is 0.210. The molecule has 0 bridgehead atoms. The second-order valence-electron chi connectivity index (χ2n) is 3.42. The number of hydrogen-bond donors (Lipinski definition) is 0. The van der Waals surface area contributed by atoms with Gasteiger partial charge in [0.05, 0.1) is 6.61 Å². The maximum Gasteiger partial charge on any atom is 0.417 e. The van der Waals surface area contributed by atoms with Crippen LogP contribution in [0.15, 0.2) is 0 Å². The molecular formula is C10H16F3O2. The molecule has 0 saturated heterocycles. The van der Waals surface area contributed by atoms with Crippen LogP contribution >= 0.6 is 0 Å². The summed E-state index contributed by atoms with van der Waals surface area (Å²) < 4.78 is 39.5. The third-order valence-corrected chi connectivity index (χ3v) is 2.02. The Hall–Kier alpha value is -0.740. The molecule has 0 fully saturated rings. The molecule has 89 valence electrons. The molecule has 0 aliphatic rings. The first-order chi connectivity index (χ1) is 7.06. The van der Waals surface area contributed by atoms with Gasteiger partial charge in [-0.3, -0.25) is 0 Å². The van der Waals surface area contributed by atoms with Crippen molar-refractivity contribution in [3.05, 3.63) is 0 Å². The predicted octanol–water partition coefficient (Wildman–Crippen LogP) is 3.36. The van der Waals surface area contributed by atoms with E-state index in [1.165, 1.54) is 6.47 Å². The third kappa shape index (κ3) is 13.3. The summed E-state index contributed by atoms with van der Waals surface area (Å²) in [5.41, 5.74) is 0. The molecule has 1 radical (unpaired) electrons. The van der Waals surface area contributed by atoms with Gasteiger partial charge in [-0.2, -0.15) is 13.2 Å². The lowest BCUT2D eigenvalue weighted by atomic mass is 10.1. The first-order valence-electron chi connectivity index (χ1n) is 5.12. The Bertz CT molecular complexity index is 157. The molecule has 0 saturated carbocycles. The van der Waals surface area contributed by atoms with Crippen LogP contribution in [0.2, 0.25) is 0 Å². The average molecular weight is 225 g/mol. The zero-order valence-electron chi connectivity index (χ0n) is 8.61. The van der Waals surface area contributed by atoms with Crippen LogP contribution in [0.25, 0.3) is 0 Å². The number of halogens is 3. The molecule has 0 aromatic carbocycles. The summed E-state index contributed by atoms with van der Waals surface area (Å²) >= 11 is 0. The molecule has 5 heteroatoms. The maximum absolute atomic E-state index is 11.7. The zero-order valence-corrected chi connectivity index (χ0v) is 8.61. The van der Waals surface area contributed by atoms with Crippen LogP contribution in [0.5, 0.6) is 0 Å². The highest BCUT2D eigenvalue weighted by Crippen LogP contribution is 2.23. The van der Waals surface area contributed by atoms with E-state index < -0.39 is 12.6 Å². The summed E-state index contributed by atoms with van der Waals surface area (Å²) in [5, 5.41) is 0. The molecule has 0 heterocycles. The Morgan fingerprint density at radius 1 is 0.933 bits per heavy atom. The van der Waals surface area contributed by atoms with E-state index in [4.69, 9.17) is 0 Å². The van der Waals surface area contributed by atoms with Gasteiger partial charge < -0.3 is 4.74 Å². The molecule has 0 rings (SSSR count). The highest BCUT2D eigenvalue weighted by molar-refractivity contribution is 5.37. The van der Waals surface area contributed by atoms with Gasteiger partial charge in [-0.25, -0.2) is 4.79 Å². The van der Waals surface area contributed by atoms with E-state index >= 15 is 0 Å². The molecule has 0 aliphatic heterocycles. The number of alkyl halides is 3. The van der Waals surface area contributed by atoms with E-state index in [0.29, 0.717) is 13.0 Å². The van der Waals surface area contributed by atoms with Gasteiger partial charge in [0.1, 0.15) is 0 Å². The predicted molar refractivity (Wildman–Crippen MR) is 50.0 cm³/mol. The molecule has 0 spiro atoms. The topological polar surface area (TPSA) is 26.3 Å². The largest absolute Gasteiger partial charge is 0.457 e. The van der Waals surface area contributed by atoms with E-state index in [9.17, 15) is 18.0 Å². The van der Waals surface area contributed by atoms with Gasteiger partial charge >= 0.3 is 12.6 Å². The normalized spacial score (nSPS) is 11.4. The molecule has 0 aromatic heterocycles. The highest BCUT2D eigenvalue weighted by atomic mass is 19.4. The summed E-state index contributed by atoms with van der Waals surface area (Å²) in [6.07, 6.45) is -0.546. The van der Waals surface area contributed by atoms with Gasteiger partial charge in [-0.15, -0.1) is 0 Å². The van der Waals surface area contributed by atoms with Crippen LogP contribution in [-0.2, 0) is 9.53 Å². The van der Waals surface area contributed by atoms with Crippen molar-refractivity contribution in [3.8, 4) is 0 Å². The van der Waals surface area contributed by atoms with Crippen LogP contribution < -0.4 is 0 Å². The summed E-state index contributed by atoms with van der Waals surface area (Å²) in [6, 6.07) is 0. The summed E-state index contributed by atoms with van der Waals surface area (Å²) in [7, 11) is 0. The monoisotopic (exact) mass is 225 g/mol. The van der Waals surface area contributed by atoms with Crippen LogP contribution in [0, 0.1) is 0 Å². The maximum atomic E-state index is 11.7. The van der Waals surface area contributed by atoms with Gasteiger partial charge in [0.25, 0.3) is 0 Å². The summed E-state index contributed by atoms with van der Waals surface area (Å²) in [6.45, 7) is 1.67. The van der Waals surface area contributed by atoms with Gasteiger partial charge in [0.15, 0.2) is 0 Å². The van der Waals surface area contributed by atoms with Gasteiger partial charge in [0, 0.05) is 6.42 Å². The zero-order chi connectivity index (χ0) is 11.6. The second-order valence-corrected chi connectivity index (χ2v) is 3.42. The Labute approximate surface area is 87.8 Å². The Balaban J connectivity index is 3.02. The van der Waals surface area contributed by atoms with Crippen LogP contribution in [0.1, 0.15) is 44.9 Å². The SMILES string of the molecule is O=[C]OCCCCCCCCC(F)(F)F. The number of unbranched alkanes of at least 4 members (excludes halogenated alkanes) is 5. The van der Waals surface area contributed by atoms with Crippen LogP contribution in [-0.4, -0.2) is 19.3 Å². The first kappa shape index (κ1) is 14.3. The van der Waals surface area contributed by atoms with Crippen molar-refractivity contribution in [3.63, 3.8) is 0 Å². The molecule has 15 heavy (non-hydrogen) atoms. The highest BCUT2D eigenvalue weighted by Gasteiger charge is 2.25. The van der Waals surface area contributed by atoms with Gasteiger partial charge in [0.2, 0.25) is 0 Å². The van der Waals surface area contributed by atoms with Gasteiger partial charge in [-0.05, 0) is 12.8 Å². The van der Waals surface area contributed by atoms with Crippen LogP contribution in [0.4, 0.5) is 13.2 Å². The molecule has 0 unspecified atom stereocenters. The molecule has 0 atom stereocenters. The van der Waals surface area contributed by atoms with Crippen molar-refractivity contribution in [2.24, 2.45) is 0 Å². The van der Waals surface area contributed by atoms with E-state index in [-0.39, 0.29) is 6.42 Å². The lowest BCUT2D eigenvalue weighted by molar-refractivity contribution is -0.135. The number of hydrogen-bond acceptors (Lipinski definition) is 2. The van der Waals surface area contributed by atoms with E-state index in [1.807, 2.05) is 0 Å². The van der Waals surface area contributed by atoms with Crippen molar-refractivity contribution in [2.75, 3.05) is 6.61 Å². The van der Waals surface area contributed by atoms with Crippen molar-refractivity contribution < 1.29 is 22.7 Å². The summed E-state index contributed by atoms with van der Waals surface area (Å²) in [4.78, 5) is 9.62. The van der Waals surface area contributed by atoms with E-state index in [2.05, 4.69) is 4.74 Å². The first-order valence-corrected chi connectivity index (χ1v) is 5.12. The molecule has 0 aliphatic carbocycles. The van der Waals surface area contributed by atoms with E-state index in [1.54, 1.807) is 0 Å². The molecule has 0 amide bonds. The number of rotatable bonds is 9. The molecule has 0 N–H and O–H groups in total. The fraction of sp³-hybridized carbons (Fsp3) is 0.900. The standard InChI is InChI=1S/C10H16F3O2/c11-10(12,13)7-5-3-1-2-4-6-8-15-9-14/h1-8H2. The quantitative estimate of drug-likeness (QED) is 0.562. The Kier molecular flexibility index (Phi) is 8.14. The molecular weight excluding hydrogens is 209 g/mol. The Morgan fingerprint density at radius 2 is 1.47 bits per heavy atom. The molecule has 2 nitrogen and oxygen atoms in total. The minimum atomic E-state index is -4.02. The van der Waals surface area contributed by atoms with Crippen LogP contribution in [0.3, 0.4) is 0 Å². The average Bonchev–Trinajstić information content (AvgIpc) is 2.14. The lowest BCUT2D eigenvalue weighted by Crippen LogP contribution is -2.06. The number of ether oxygens (including phenoxy) is 1. The second kappa shape index (κ2) is 8.56. The summed E-state index contributed by atoms with van der Waals surface area (Å²) in [5.74, 6) is 0. The Morgan fingerprint density at radius 3 is 2.00 bits per heavy atom. The third-order valence-electron chi connectivity index (χ3n) is 2.02. The fourth-order valence-electron chi connectivity index (χ4n) is 1.25. The fourth-order valence-corrected chi connectivity index (χ4v) is 1.25. The van der Waals surface area contributed by atoms with E-state index in [0.717, 1.165) is 25.7 Å². The number of carbonyl (C=O) groups excluding carboxylic acids is 1. The van der Waals surface area contributed by atoms with Crippen molar-refractivity contribution >= 4 is 6.47 Å².